The highest BCUT2D eigenvalue weighted by molar-refractivity contribution is 7.75. The van der Waals surface area contributed by atoms with E-state index in [4.69, 9.17) is 5.11 Å². The predicted molar refractivity (Wildman–Crippen MR) is 151 cm³/mol. The first-order valence-corrected chi connectivity index (χ1v) is 15.9. The van der Waals surface area contributed by atoms with Crippen molar-refractivity contribution < 1.29 is 5.11 Å². The molecule has 1 atom stereocenters. The number of hydrogen-bond acceptors (Lipinski definition) is 1. The van der Waals surface area contributed by atoms with Gasteiger partial charge in [-0.15, -0.1) is 0 Å². The second-order valence-corrected chi connectivity index (χ2v) is 16.5. The van der Waals surface area contributed by atoms with Crippen molar-refractivity contribution in [2.24, 2.45) is 10.8 Å². The van der Waals surface area contributed by atoms with Crippen LogP contribution in [0.3, 0.4) is 0 Å². The Morgan fingerprint density at radius 3 is 1.44 bits per heavy atom. The van der Waals surface area contributed by atoms with Crippen molar-refractivity contribution in [1.29, 1.82) is 0 Å². The lowest BCUT2D eigenvalue weighted by Gasteiger charge is -2.36. The Kier molecular flexibility index (Phi) is 15.3. The summed E-state index contributed by atoms with van der Waals surface area (Å²) in [5.41, 5.74) is 3.81. The molecule has 0 amide bonds. The van der Waals surface area contributed by atoms with E-state index in [1.54, 1.807) is 11.1 Å². The van der Waals surface area contributed by atoms with Gasteiger partial charge in [-0.3, -0.25) is 0 Å². The molecule has 1 N–H and O–H groups in total. The average molecular weight is 466 g/mol. The molecule has 2 heteroatoms. The monoisotopic (exact) mass is 465 g/mol. The van der Waals surface area contributed by atoms with Crippen LogP contribution in [0.5, 0.6) is 0 Å². The van der Waals surface area contributed by atoms with Crippen LogP contribution in [0.15, 0.2) is 24.3 Å². The van der Waals surface area contributed by atoms with Crippen LogP contribution in [0, 0.1) is 10.8 Å². The molecule has 0 saturated carbocycles. The fraction of sp³-hybridized carbons (Fsp3) is 0.800. The highest BCUT2D eigenvalue weighted by Gasteiger charge is 2.36. The van der Waals surface area contributed by atoms with E-state index in [1.807, 2.05) is 0 Å². The maximum Gasteiger partial charge on any atom is 0.0842 e. The molecule has 0 aliphatic carbocycles. The molecule has 1 aromatic rings. The van der Waals surface area contributed by atoms with Crippen LogP contribution in [0.25, 0.3) is 0 Å². The van der Waals surface area contributed by atoms with Gasteiger partial charge in [-0.25, -0.2) is 0 Å². The first-order valence-electron chi connectivity index (χ1n) is 13.3. The quantitative estimate of drug-likeness (QED) is 0.287. The van der Waals surface area contributed by atoms with E-state index in [0.29, 0.717) is 16.7 Å². The SMILES string of the molecule is CCCC[P+](CCCC)(CCCC)Cc1ccc(C(CC(C)(C)C)C(C)(C)C)cc1.CO. The largest absolute Gasteiger partial charge is 0.400 e. The van der Waals surface area contributed by atoms with Crippen molar-refractivity contribution in [2.75, 3.05) is 25.6 Å². The molecule has 0 fully saturated rings. The molecule has 188 valence electrons. The van der Waals surface area contributed by atoms with E-state index >= 15 is 0 Å². The summed E-state index contributed by atoms with van der Waals surface area (Å²) >= 11 is 0. The molecular weight excluding hydrogens is 407 g/mol. The Bertz CT molecular complexity index is 555. The van der Waals surface area contributed by atoms with Gasteiger partial charge in [-0.05, 0) is 53.6 Å². The number of aliphatic hydroxyl groups excluding tert-OH is 1. The van der Waals surface area contributed by atoms with Gasteiger partial charge in [0.05, 0.1) is 24.6 Å². The van der Waals surface area contributed by atoms with Crippen molar-refractivity contribution >= 4 is 7.26 Å². The fourth-order valence-corrected chi connectivity index (χ4v) is 9.92. The smallest absolute Gasteiger partial charge is 0.0842 e. The van der Waals surface area contributed by atoms with Gasteiger partial charge < -0.3 is 5.11 Å². The predicted octanol–water partition coefficient (Wildman–Crippen LogP) is 9.78. The summed E-state index contributed by atoms with van der Waals surface area (Å²) in [7, 11) is 0.128. The van der Waals surface area contributed by atoms with Crippen molar-refractivity contribution in [3.05, 3.63) is 35.4 Å². The average Bonchev–Trinajstić information content (AvgIpc) is 2.74. The van der Waals surface area contributed by atoms with Crippen LogP contribution in [-0.4, -0.2) is 30.7 Å². The summed E-state index contributed by atoms with van der Waals surface area (Å²) in [5, 5.41) is 7.00. The minimum Gasteiger partial charge on any atom is -0.400 e. The Morgan fingerprint density at radius 2 is 1.12 bits per heavy atom. The van der Waals surface area contributed by atoms with E-state index in [1.165, 1.54) is 69.6 Å². The van der Waals surface area contributed by atoms with Crippen LogP contribution in [0.1, 0.15) is 124 Å². The molecule has 0 radical (unpaired) electrons. The molecule has 0 bridgehead atoms. The van der Waals surface area contributed by atoms with Gasteiger partial charge in [0, 0.05) is 14.4 Å². The van der Waals surface area contributed by atoms with Gasteiger partial charge in [0.15, 0.2) is 0 Å². The van der Waals surface area contributed by atoms with Gasteiger partial charge in [0.1, 0.15) is 0 Å². The van der Waals surface area contributed by atoms with E-state index < -0.39 is 7.26 Å². The standard InChI is InChI=1S/C29H54P.CH4O/c1-10-13-20-30(21-14-11-2,22-15-12-3)24-25-16-18-26(19-17-25)27(29(7,8)9)23-28(4,5)6;1-2/h16-19,27H,10-15,20-24H2,1-9H3;2H,1H3/q+1;. The van der Waals surface area contributed by atoms with Crippen LogP contribution >= 0.6 is 7.26 Å². The Balaban J connectivity index is 0.00000466. The van der Waals surface area contributed by atoms with E-state index in [0.717, 1.165) is 7.11 Å². The number of unbranched alkanes of at least 4 members (excludes halogenated alkanes) is 3. The second-order valence-electron chi connectivity index (χ2n) is 12.2. The lowest BCUT2D eigenvalue weighted by Crippen LogP contribution is -2.23. The van der Waals surface area contributed by atoms with E-state index in [9.17, 15) is 0 Å². The normalized spacial score (nSPS) is 13.5. The topological polar surface area (TPSA) is 20.2 Å². The summed E-state index contributed by atoms with van der Waals surface area (Å²) in [6, 6.07) is 9.95. The molecule has 32 heavy (non-hydrogen) atoms. The summed E-state index contributed by atoms with van der Waals surface area (Å²) in [6.07, 6.45) is 15.5. The van der Waals surface area contributed by atoms with Crippen LogP contribution in [0.4, 0.5) is 0 Å². The van der Waals surface area contributed by atoms with Crippen LogP contribution < -0.4 is 0 Å². The number of aliphatic hydroxyl groups is 1. The van der Waals surface area contributed by atoms with Gasteiger partial charge in [-0.1, -0.05) is 106 Å². The van der Waals surface area contributed by atoms with Crippen molar-refractivity contribution in [3.63, 3.8) is 0 Å². The van der Waals surface area contributed by atoms with E-state index in [-0.39, 0.29) is 0 Å². The Hall–Kier alpha value is -0.390. The third-order valence-corrected chi connectivity index (χ3v) is 11.6. The van der Waals surface area contributed by atoms with Crippen molar-refractivity contribution in [3.8, 4) is 0 Å². The Labute approximate surface area is 203 Å². The summed E-state index contributed by atoms with van der Waals surface area (Å²) < 4.78 is 0. The van der Waals surface area contributed by atoms with Gasteiger partial charge in [-0.2, -0.15) is 0 Å². The fourth-order valence-electron chi connectivity index (χ4n) is 4.83. The van der Waals surface area contributed by atoms with Crippen LogP contribution in [-0.2, 0) is 6.16 Å². The van der Waals surface area contributed by atoms with E-state index in [2.05, 4.69) is 86.6 Å². The molecule has 0 spiro atoms. The zero-order valence-corrected chi connectivity index (χ0v) is 24.5. The highest BCUT2D eigenvalue weighted by atomic mass is 31.2. The lowest BCUT2D eigenvalue weighted by molar-refractivity contribution is 0.229. The molecule has 1 rings (SSSR count). The molecule has 1 aromatic carbocycles. The summed E-state index contributed by atoms with van der Waals surface area (Å²) in [5.74, 6) is 0.617. The molecular formula is C30H58OP+. The molecule has 0 aromatic heterocycles. The lowest BCUT2D eigenvalue weighted by atomic mass is 9.69. The van der Waals surface area contributed by atoms with Gasteiger partial charge in [0.25, 0.3) is 0 Å². The van der Waals surface area contributed by atoms with Gasteiger partial charge in [0.2, 0.25) is 0 Å². The minimum atomic E-state index is -0.872. The molecule has 0 aliphatic heterocycles. The second kappa shape index (κ2) is 15.5. The third kappa shape index (κ3) is 12.2. The minimum absolute atomic E-state index is 0.301. The number of benzene rings is 1. The number of hydrogen-bond donors (Lipinski definition) is 1. The molecule has 0 aliphatic rings. The zero-order valence-electron chi connectivity index (χ0n) is 23.6. The molecule has 1 unspecified atom stereocenters. The molecule has 1 nitrogen and oxygen atoms in total. The zero-order chi connectivity index (χ0) is 24.8. The first-order chi connectivity index (χ1) is 15.0. The molecule has 0 heterocycles. The third-order valence-electron chi connectivity index (χ3n) is 6.72. The van der Waals surface area contributed by atoms with Crippen molar-refractivity contribution in [2.45, 2.75) is 119 Å². The summed E-state index contributed by atoms with van der Waals surface area (Å²) in [4.78, 5) is 0. The summed E-state index contributed by atoms with van der Waals surface area (Å²) in [6.45, 7) is 21.5. The maximum atomic E-state index is 7.00. The maximum absolute atomic E-state index is 7.00. The first kappa shape index (κ1) is 31.6. The van der Waals surface area contributed by atoms with Crippen molar-refractivity contribution in [1.82, 2.24) is 0 Å². The highest BCUT2D eigenvalue weighted by Crippen LogP contribution is 2.63. The van der Waals surface area contributed by atoms with Gasteiger partial charge >= 0.3 is 0 Å². The Morgan fingerprint density at radius 1 is 0.719 bits per heavy atom. The molecule has 0 saturated heterocycles. The number of rotatable bonds is 13. The van der Waals surface area contributed by atoms with Crippen LogP contribution in [0.2, 0.25) is 0 Å².